The predicted octanol–water partition coefficient (Wildman–Crippen LogP) is 1.07. The number of aryl methyl sites for hydroxylation is 2. The molecule has 0 saturated heterocycles. The zero-order chi connectivity index (χ0) is 13.0. The quantitative estimate of drug-likeness (QED) is 0.575. The fourth-order valence-corrected chi connectivity index (χ4v) is 1.61. The Morgan fingerprint density at radius 1 is 1.65 bits per heavy atom. The summed E-state index contributed by atoms with van der Waals surface area (Å²) in [6.07, 6.45) is 1.37. The number of nitrogens with one attached hydrogen (secondary N) is 1. The van der Waals surface area contributed by atoms with Gasteiger partial charge in [0.25, 0.3) is 0 Å². The number of aliphatic hydroxyl groups excluding tert-OH is 1. The number of nitrogens with zero attached hydrogens (tertiary/aromatic N) is 3. The van der Waals surface area contributed by atoms with Crippen molar-refractivity contribution >= 4 is 11.5 Å². The van der Waals surface area contributed by atoms with E-state index in [2.05, 4.69) is 10.4 Å². The van der Waals surface area contributed by atoms with Crippen LogP contribution in [0.1, 0.15) is 26.0 Å². The highest BCUT2D eigenvalue weighted by molar-refractivity contribution is 5.60. The molecule has 0 bridgehead atoms. The molecule has 1 rings (SSSR count). The van der Waals surface area contributed by atoms with Crippen molar-refractivity contribution in [3.05, 3.63) is 15.8 Å². The summed E-state index contributed by atoms with van der Waals surface area (Å²) in [5.41, 5.74) is 0.488. The third-order valence-corrected chi connectivity index (χ3v) is 2.42. The average molecular weight is 242 g/mol. The zero-order valence-electron chi connectivity index (χ0n) is 10.3. The van der Waals surface area contributed by atoms with Crippen LogP contribution in [0.5, 0.6) is 0 Å². The van der Waals surface area contributed by atoms with Gasteiger partial charge in [0.1, 0.15) is 5.69 Å². The predicted molar refractivity (Wildman–Crippen MR) is 64.0 cm³/mol. The second kappa shape index (κ2) is 5.62. The molecule has 0 saturated carbocycles. The smallest absolute Gasteiger partial charge is 0.334 e. The first kappa shape index (κ1) is 13.4. The van der Waals surface area contributed by atoms with Gasteiger partial charge in [-0.3, -0.25) is 10.1 Å². The van der Waals surface area contributed by atoms with Gasteiger partial charge in [0.05, 0.1) is 11.5 Å². The molecule has 0 radical (unpaired) electrons. The topological polar surface area (TPSA) is 93.2 Å². The van der Waals surface area contributed by atoms with Crippen molar-refractivity contribution in [1.82, 2.24) is 9.78 Å². The van der Waals surface area contributed by atoms with Crippen LogP contribution in [0, 0.1) is 10.1 Å². The first-order valence-corrected chi connectivity index (χ1v) is 5.58. The number of hydrogen-bond acceptors (Lipinski definition) is 5. The largest absolute Gasteiger partial charge is 0.394 e. The molecule has 0 amide bonds. The Kier molecular flexibility index (Phi) is 4.45. The monoisotopic (exact) mass is 242 g/mol. The number of anilines is 1. The summed E-state index contributed by atoms with van der Waals surface area (Å²) in [7, 11) is 1.65. The SMILES string of the molecule is CCCc1nn(C)c(NC(C)CO)c1[N+](=O)[O-]. The van der Waals surface area contributed by atoms with E-state index in [1.807, 2.05) is 6.92 Å². The molecule has 0 aromatic carbocycles. The van der Waals surface area contributed by atoms with Crippen LogP contribution in [-0.4, -0.2) is 32.5 Å². The van der Waals surface area contributed by atoms with Crippen LogP contribution in [0.2, 0.25) is 0 Å². The van der Waals surface area contributed by atoms with Crippen molar-refractivity contribution in [3.8, 4) is 0 Å². The van der Waals surface area contributed by atoms with Gasteiger partial charge in [-0.2, -0.15) is 5.10 Å². The molecule has 1 atom stereocenters. The van der Waals surface area contributed by atoms with Gasteiger partial charge in [-0.1, -0.05) is 13.3 Å². The number of hydrogen-bond donors (Lipinski definition) is 2. The molecule has 1 unspecified atom stereocenters. The van der Waals surface area contributed by atoms with Crippen molar-refractivity contribution < 1.29 is 10.0 Å². The average Bonchev–Trinajstić information content (AvgIpc) is 2.56. The van der Waals surface area contributed by atoms with E-state index in [1.165, 1.54) is 4.68 Å². The first-order valence-electron chi connectivity index (χ1n) is 5.58. The molecule has 7 heteroatoms. The molecule has 0 fully saturated rings. The van der Waals surface area contributed by atoms with Crippen LogP contribution >= 0.6 is 0 Å². The Bertz CT molecular complexity index is 403. The van der Waals surface area contributed by atoms with E-state index in [1.54, 1.807) is 14.0 Å². The van der Waals surface area contributed by atoms with E-state index in [0.717, 1.165) is 6.42 Å². The standard InChI is InChI=1S/C10H18N4O3/c1-4-5-8-9(14(16)17)10(13(3)12-8)11-7(2)6-15/h7,11,15H,4-6H2,1-3H3. The minimum Gasteiger partial charge on any atom is -0.394 e. The van der Waals surface area contributed by atoms with Gasteiger partial charge in [-0.05, 0) is 13.3 Å². The lowest BCUT2D eigenvalue weighted by atomic mass is 10.2. The van der Waals surface area contributed by atoms with E-state index in [-0.39, 0.29) is 18.3 Å². The van der Waals surface area contributed by atoms with Crippen LogP contribution in [-0.2, 0) is 13.5 Å². The fraction of sp³-hybridized carbons (Fsp3) is 0.700. The molecular formula is C10H18N4O3. The molecule has 2 N–H and O–H groups in total. The molecule has 1 aromatic rings. The molecular weight excluding hydrogens is 224 g/mol. The fourth-order valence-electron chi connectivity index (χ4n) is 1.61. The summed E-state index contributed by atoms with van der Waals surface area (Å²) >= 11 is 0. The van der Waals surface area contributed by atoms with Crippen molar-refractivity contribution in [2.45, 2.75) is 32.7 Å². The maximum absolute atomic E-state index is 11.1. The van der Waals surface area contributed by atoms with Gasteiger partial charge in [0.2, 0.25) is 5.82 Å². The zero-order valence-corrected chi connectivity index (χ0v) is 10.3. The molecule has 0 aliphatic rings. The summed E-state index contributed by atoms with van der Waals surface area (Å²) in [5, 5.41) is 27.1. The summed E-state index contributed by atoms with van der Waals surface area (Å²) in [6.45, 7) is 3.60. The van der Waals surface area contributed by atoms with Crippen LogP contribution in [0.15, 0.2) is 0 Å². The second-order valence-corrected chi connectivity index (χ2v) is 4.00. The maximum atomic E-state index is 11.1. The molecule has 96 valence electrons. The summed E-state index contributed by atoms with van der Waals surface area (Å²) in [4.78, 5) is 10.6. The summed E-state index contributed by atoms with van der Waals surface area (Å²) in [5.74, 6) is 0.347. The van der Waals surface area contributed by atoms with Gasteiger partial charge >= 0.3 is 5.69 Å². The van der Waals surface area contributed by atoms with Gasteiger partial charge in [0, 0.05) is 13.1 Å². The highest BCUT2D eigenvalue weighted by atomic mass is 16.6. The van der Waals surface area contributed by atoms with E-state index in [0.29, 0.717) is 17.9 Å². The number of aliphatic hydroxyl groups is 1. The van der Waals surface area contributed by atoms with Gasteiger partial charge in [-0.15, -0.1) is 0 Å². The Balaban J connectivity index is 3.13. The Morgan fingerprint density at radius 2 is 2.29 bits per heavy atom. The Morgan fingerprint density at radius 3 is 2.76 bits per heavy atom. The van der Waals surface area contributed by atoms with Gasteiger partial charge < -0.3 is 10.4 Å². The molecule has 0 aliphatic heterocycles. The van der Waals surface area contributed by atoms with E-state index < -0.39 is 4.92 Å². The van der Waals surface area contributed by atoms with E-state index in [4.69, 9.17) is 5.11 Å². The maximum Gasteiger partial charge on any atom is 0.334 e. The second-order valence-electron chi connectivity index (χ2n) is 4.00. The molecule has 7 nitrogen and oxygen atoms in total. The minimum atomic E-state index is -0.426. The molecule has 1 heterocycles. The molecule has 17 heavy (non-hydrogen) atoms. The molecule has 0 spiro atoms. The lowest BCUT2D eigenvalue weighted by molar-refractivity contribution is -0.384. The third-order valence-electron chi connectivity index (χ3n) is 2.42. The number of rotatable bonds is 6. The highest BCUT2D eigenvalue weighted by Gasteiger charge is 2.26. The number of aromatic nitrogens is 2. The van der Waals surface area contributed by atoms with E-state index in [9.17, 15) is 10.1 Å². The Labute approximate surface area is 99.6 Å². The normalized spacial score (nSPS) is 12.5. The lowest BCUT2D eigenvalue weighted by Gasteiger charge is -2.11. The van der Waals surface area contributed by atoms with Crippen molar-refractivity contribution in [2.75, 3.05) is 11.9 Å². The summed E-state index contributed by atoms with van der Waals surface area (Å²) < 4.78 is 1.45. The minimum absolute atomic E-state index is 0.00894. The van der Waals surface area contributed by atoms with Crippen LogP contribution in [0.3, 0.4) is 0 Å². The third kappa shape index (κ3) is 2.94. The first-order chi connectivity index (χ1) is 8.01. The van der Waals surface area contributed by atoms with Crippen molar-refractivity contribution in [2.24, 2.45) is 7.05 Å². The number of nitro groups is 1. The van der Waals surface area contributed by atoms with Crippen molar-refractivity contribution in [3.63, 3.8) is 0 Å². The molecule has 0 aliphatic carbocycles. The lowest BCUT2D eigenvalue weighted by Crippen LogP contribution is -2.21. The highest BCUT2D eigenvalue weighted by Crippen LogP contribution is 2.29. The van der Waals surface area contributed by atoms with Crippen molar-refractivity contribution in [1.29, 1.82) is 0 Å². The summed E-state index contributed by atoms with van der Waals surface area (Å²) in [6, 6.07) is -0.251. The van der Waals surface area contributed by atoms with Crippen LogP contribution < -0.4 is 5.32 Å². The van der Waals surface area contributed by atoms with Gasteiger partial charge in [-0.25, -0.2) is 4.68 Å². The van der Waals surface area contributed by atoms with E-state index >= 15 is 0 Å². The molecule has 1 aromatic heterocycles. The van der Waals surface area contributed by atoms with Gasteiger partial charge in [0.15, 0.2) is 0 Å². The van der Waals surface area contributed by atoms with Crippen LogP contribution in [0.25, 0.3) is 0 Å². The van der Waals surface area contributed by atoms with Crippen LogP contribution in [0.4, 0.5) is 11.5 Å². The Hall–Kier alpha value is -1.63.